The van der Waals surface area contributed by atoms with Crippen LogP contribution in [0.15, 0.2) is 23.1 Å². The smallest absolute Gasteiger partial charge is 0.291 e. The second-order valence-corrected chi connectivity index (χ2v) is 5.05. The summed E-state index contributed by atoms with van der Waals surface area (Å²) in [6, 6.07) is 0. The molecule has 0 aliphatic heterocycles. The Labute approximate surface area is 124 Å². The molecule has 8 heteroatoms. The molecule has 0 radical (unpaired) electrons. The fourth-order valence-corrected chi connectivity index (χ4v) is 2.22. The van der Waals surface area contributed by atoms with E-state index in [0.29, 0.717) is 22.4 Å². The van der Waals surface area contributed by atoms with Crippen molar-refractivity contribution >= 4 is 27.4 Å². The van der Waals surface area contributed by atoms with Gasteiger partial charge < -0.3 is 10.3 Å². The Hall–Kier alpha value is -1.96. The van der Waals surface area contributed by atoms with Crippen molar-refractivity contribution in [2.75, 3.05) is 11.9 Å². The van der Waals surface area contributed by atoms with Crippen LogP contribution < -0.4 is 5.32 Å². The second kappa shape index (κ2) is 6.47. The first-order valence-corrected chi connectivity index (χ1v) is 6.90. The molecule has 0 unspecified atom stereocenters. The quantitative estimate of drug-likeness (QED) is 0.479. The Morgan fingerprint density at radius 1 is 1.50 bits per heavy atom. The molecule has 2 aromatic heterocycles. The molecule has 0 saturated carbocycles. The first kappa shape index (κ1) is 14.4. The van der Waals surface area contributed by atoms with Crippen LogP contribution in [0.25, 0.3) is 0 Å². The number of anilines is 1. The van der Waals surface area contributed by atoms with E-state index in [-0.39, 0.29) is 5.69 Å². The number of aryl methyl sites for hydroxylation is 1. The number of hydrogen-bond donors (Lipinski definition) is 2. The molecule has 0 aliphatic rings. The van der Waals surface area contributed by atoms with Crippen LogP contribution in [0.2, 0.25) is 0 Å². The first-order chi connectivity index (χ1) is 9.59. The highest BCUT2D eigenvalue weighted by molar-refractivity contribution is 9.10. The molecule has 106 valence electrons. The number of nitrogens with zero attached hydrogens (tertiary/aromatic N) is 3. The standard InChI is InChI=1S/C12H14BrN5O2/c1-8-9(18(19)20)7-17-12(11(8)13)16-4-2-3-10-14-5-6-15-10/h5-7H,2-4H2,1H3,(H,14,15)(H,16,17). The lowest BCUT2D eigenvalue weighted by atomic mass is 10.2. The van der Waals surface area contributed by atoms with Crippen LogP contribution in [0.4, 0.5) is 11.5 Å². The molecule has 0 saturated heterocycles. The number of aromatic nitrogens is 3. The molecule has 2 N–H and O–H groups in total. The summed E-state index contributed by atoms with van der Waals surface area (Å²) in [7, 11) is 0. The number of nitrogens with one attached hydrogen (secondary N) is 2. The van der Waals surface area contributed by atoms with E-state index in [0.717, 1.165) is 18.7 Å². The summed E-state index contributed by atoms with van der Waals surface area (Å²) < 4.78 is 0.629. The van der Waals surface area contributed by atoms with E-state index < -0.39 is 4.92 Å². The summed E-state index contributed by atoms with van der Waals surface area (Å²) in [5.74, 6) is 1.56. The number of H-pyrrole nitrogens is 1. The molecule has 0 fully saturated rings. The van der Waals surface area contributed by atoms with Crippen molar-refractivity contribution < 1.29 is 4.92 Å². The highest BCUT2D eigenvalue weighted by Gasteiger charge is 2.16. The third-order valence-corrected chi connectivity index (χ3v) is 3.84. The molecule has 0 atom stereocenters. The van der Waals surface area contributed by atoms with E-state index in [1.165, 1.54) is 6.20 Å². The lowest BCUT2D eigenvalue weighted by molar-refractivity contribution is -0.385. The van der Waals surface area contributed by atoms with Crippen molar-refractivity contribution in [1.29, 1.82) is 0 Å². The Morgan fingerprint density at radius 2 is 2.30 bits per heavy atom. The average molecular weight is 340 g/mol. The molecule has 20 heavy (non-hydrogen) atoms. The molecule has 0 spiro atoms. The van der Waals surface area contributed by atoms with Gasteiger partial charge in [-0.1, -0.05) is 0 Å². The summed E-state index contributed by atoms with van der Waals surface area (Å²) in [5.41, 5.74) is 0.580. The van der Waals surface area contributed by atoms with Gasteiger partial charge in [0.15, 0.2) is 0 Å². The van der Waals surface area contributed by atoms with Crippen LogP contribution in [0.5, 0.6) is 0 Å². The van der Waals surface area contributed by atoms with Crippen molar-refractivity contribution in [3.63, 3.8) is 0 Å². The van der Waals surface area contributed by atoms with Gasteiger partial charge in [-0.3, -0.25) is 10.1 Å². The SMILES string of the molecule is Cc1c([N+](=O)[O-])cnc(NCCCc2ncc[nH]2)c1Br. The topological polar surface area (TPSA) is 96.7 Å². The second-order valence-electron chi connectivity index (χ2n) is 4.25. The summed E-state index contributed by atoms with van der Waals surface area (Å²) in [4.78, 5) is 21.6. The minimum absolute atomic E-state index is 0.0120. The number of rotatable bonds is 6. The van der Waals surface area contributed by atoms with Gasteiger partial charge in [0.25, 0.3) is 5.69 Å². The predicted molar refractivity (Wildman–Crippen MR) is 78.7 cm³/mol. The molecule has 0 amide bonds. The molecular formula is C12H14BrN5O2. The molecule has 0 aromatic carbocycles. The average Bonchev–Trinajstić information content (AvgIpc) is 2.92. The molecular weight excluding hydrogens is 326 g/mol. The zero-order valence-electron chi connectivity index (χ0n) is 10.9. The Morgan fingerprint density at radius 3 is 2.95 bits per heavy atom. The third-order valence-electron chi connectivity index (χ3n) is 2.87. The maximum Gasteiger partial charge on any atom is 0.291 e. The lowest BCUT2D eigenvalue weighted by Crippen LogP contribution is -2.07. The van der Waals surface area contributed by atoms with Crippen LogP contribution in [0.1, 0.15) is 17.8 Å². The van der Waals surface area contributed by atoms with Gasteiger partial charge in [-0.15, -0.1) is 0 Å². The fourth-order valence-electron chi connectivity index (χ4n) is 1.77. The van der Waals surface area contributed by atoms with Gasteiger partial charge in [-0.05, 0) is 29.3 Å². The van der Waals surface area contributed by atoms with Crippen molar-refractivity contribution in [2.24, 2.45) is 0 Å². The molecule has 2 heterocycles. The van der Waals surface area contributed by atoms with Crippen molar-refractivity contribution in [3.05, 3.63) is 44.6 Å². The van der Waals surface area contributed by atoms with Gasteiger partial charge in [0.05, 0.1) is 9.40 Å². The van der Waals surface area contributed by atoms with Crippen LogP contribution in [0, 0.1) is 17.0 Å². The van der Waals surface area contributed by atoms with E-state index in [9.17, 15) is 10.1 Å². The first-order valence-electron chi connectivity index (χ1n) is 6.11. The highest BCUT2D eigenvalue weighted by Crippen LogP contribution is 2.30. The monoisotopic (exact) mass is 339 g/mol. The summed E-state index contributed by atoms with van der Waals surface area (Å²) >= 11 is 3.34. The summed E-state index contributed by atoms with van der Waals surface area (Å²) in [5, 5.41) is 14.0. The van der Waals surface area contributed by atoms with Crippen LogP contribution in [-0.4, -0.2) is 26.4 Å². The lowest BCUT2D eigenvalue weighted by Gasteiger charge is -2.09. The third kappa shape index (κ3) is 3.32. The Kier molecular flexibility index (Phi) is 4.67. The van der Waals surface area contributed by atoms with E-state index in [1.54, 1.807) is 19.3 Å². The largest absolute Gasteiger partial charge is 0.369 e. The molecule has 0 aliphatic carbocycles. The number of aromatic amines is 1. The van der Waals surface area contributed by atoms with Gasteiger partial charge in [0, 0.05) is 30.9 Å². The van der Waals surface area contributed by atoms with Gasteiger partial charge in [0.2, 0.25) is 0 Å². The molecule has 0 bridgehead atoms. The number of imidazole rings is 1. The summed E-state index contributed by atoms with van der Waals surface area (Å²) in [6.45, 7) is 2.40. The Bertz CT molecular complexity index is 600. The molecule has 2 aromatic rings. The van der Waals surface area contributed by atoms with Crippen molar-refractivity contribution in [2.45, 2.75) is 19.8 Å². The van der Waals surface area contributed by atoms with Crippen molar-refractivity contribution in [1.82, 2.24) is 15.0 Å². The summed E-state index contributed by atoms with van der Waals surface area (Å²) in [6.07, 6.45) is 6.51. The van der Waals surface area contributed by atoms with Gasteiger partial charge in [-0.2, -0.15) is 0 Å². The minimum atomic E-state index is -0.437. The molecule has 2 rings (SSSR count). The Balaban J connectivity index is 1.93. The fraction of sp³-hybridized carbons (Fsp3) is 0.333. The maximum absolute atomic E-state index is 10.8. The maximum atomic E-state index is 10.8. The van der Waals surface area contributed by atoms with Crippen LogP contribution in [-0.2, 0) is 6.42 Å². The van der Waals surface area contributed by atoms with Gasteiger partial charge in [0.1, 0.15) is 17.8 Å². The zero-order valence-corrected chi connectivity index (χ0v) is 12.5. The van der Waals surface area contributed by atoms with E-state index in [2.05, 4.69) is 36.2 Å². The number of pyridine rings is 1. The zero-order chi connectivity index (χ0) is 14.5. The number of hydrogen-bond acceptors (Lipinski definition) is 5. The predicted octanol–water partition coefficient (Wildman–Crippen LogP) is 2.83. The number of halogens is 1. The molecule has 7 nitrogen and oxygen atoms in total. The van der Waals surface area contributed by atoms with E-state index >= 15 is 0 Å². The van der Waals surface area contributed by atoms with Gasteiger partial charge in [-0.25, -0.2) is 9.97 Å². The van der Waals surface area contributed by atoms with E-state index in [1.807, 2.05) is 0 Å². The number of nitro groups is 1. The normalized spacial score (nSPS) is 10.5. The van der Waals surface area contributed by atoms with Crippen molar-refractivity contribution in [3.8, 4) is 0 Å². The highest BCUT2D eigenvalue weighted by atomic mass is 79.9. The van der Waals surface area contributed by atoms with Crippen LogP contribution >= 0.6 is 15.9 Å². The minimum Gasteiger partial charge on any atom is -0.369 e. The van der Waals surface area contributed by atoms with E-state index in [4.69, 9.17) is 0 Å². The van der Waals surface area contributed by atoms with Gasteiger partial charge >= 0.3 is 0 Å². The van der Waals surface area contributed by atoms with Crippen LogP contribution in [0.3, 0.4) is 0 Å².